The molecule has 3 aromatic rings. The number of nitrogens with one attached hydrogen (secondary N) is 1. The van der Waals surface area contributed by atoms with Gasteiger partial charge in [0.25, 0.3) is 0 Å². The molecule has 2 atom stereocenters. The van der Waals surface area contributed by atoms with Crippen molar-refractivity contribution in [1.29, 1.82) is 0 Å². The van der Waals surface area contributed by atoms with Gasteiger partial charge in [0.15, 0.2) is 0 Å². The van der Waals surface area contributed by atoms with Crippen molar-refractivity contribution in [3.63, 3.8) is 0 Å². The third-order valence-corrected chi connectivity index (χ3v) is 6.33. The molecule has 34 heavy (non-hydrogen) atoms. The first-order valence-corrected chi connectivity index (χ1v) is 12.9. The van der Waals surface area contributed by atoms with E-state index in [1.54, 1.807) is 29.2 Å². The van der Waals surface area contributed by atoms with Crippen LogP contribution in [0.15, 0.2) is 78.9 Å². The van der Waals surface area contributed by atoms with Crippen LogP contribution in [0, 0.1) is 17.9 Å². The van der Waals surface area contributed by atoms with Crippen molar-refractivity contribution >= 4 is 21.6 Å². The van der Waals surface area contributed by atoms with Crippen molar-refractivity contribution in [2.24, 2.45) is 5.92 Å². The zero-order valence-electron chi connectivity index (χ0n) is 18.8. The Labute approximate surface area is 200 Å². The second-order valence-electron chi connectivity index (χ2n) is 8.40. The highest BCUT2D eigenvalue weighted by Gasteiger charge is 2.48. The van der Waals surface area contributed by atoms with Gasteiger partial charge in [-0.3, -0.25) is 4.79 Å². The minimum atomic E-state index is -3.39. The first-order chi connectivity index (χ1) is 16.3. The first-order valence-electron chi connectivity index (χ1n) is 11.1. The summed E-state index contributed by atoms with van der Waals surface area (Å²) < 4.78 is 24.4. The SMILES string of the molecule is CS(=O)(=O)NC#Cc1ccc(N2C(=O)C(CCCc3ccccc3)C2c2ccc(O)cc2)cc1. The summed E-state index contributed by atoms with van der Waals surface area (Å²) in [5, 5.41) is 9.71. The van der Waals surface area contributed by atoms with Crippen LogP contribution in [0.1, 0.15) is 35.6 Å². The highest BCUT2D eigenvalue weighted by molar-refractivity contribution is 7.88. The maximum absolute atomic E-state index is 13.2. The molecule has 3 aromatic carbocycles. The van der Waals surface area contributed by atoms with Gasteiger partial charge in [-0.05, 0) is 72.7 Å². The van der Waals surface area contributed by atoms with E-state index in [4.69, 9.17) is 0 Å². The Hall–Kier alpha value is -3.76. The summed E-state index contributed by atoms with van der Waals surface area (Å²) >= 11 is 0. The van der Waals surface area contributed by atoms with E-state index in [0.717, 1.165) is 36.8 Å². The van der Waals surface area contributed by atoms with Crippen molar-refractivity contribution in [3.05, 3.63) is 95.6 Å². The lowest BCUT2D eigenvalue weighted by Crippen LogP contribution is -2.55. The topological polar surface area (TPSA) is 86.7 Å². The zero-order valence-corrected chi connectivity index (χ0v) is 19.6. The molecule has 0 bridgehead atoms. The van der Waals surface area contributed by atoms with Gasteiger partial charge in [-0.25, -0.2) is 13.1 Å². The number of anilines is 1. The Kier molecular flexibility index (Phi) is 6.90. The summed E-state index contributed by atoms with van der Waals surface area (Å²) in [4.78, 5) is 15.0. The van der Waals surface area contributed by atoms with E-state index in [1.807, 2.05) is 42.5 Å². The Morgan fingerprint density at radius 1 is 0.971 bits per heavy atom. The van der Waals surface area contributed by atoms with Gasteiger partial charge in [-0.1, -0.05) is 42.5 Å². The van der Waals surface area contributed by atoms with Crippen LogP contribution in [0.3, 0.4) is 0 Å². The van der Waals surface area contributed by atoms with Crippen LogP contribution in [-0.4, -0.2) is 25.7 Å². The van der Waals surface area contributed by atoms with Crippen molar-refractivity contribution in [3.8, 4) is 17.7 Å². The number of hydrogen-bond acceptors (Lipinski definition) is 4. The molecule has 1 saturated heterocycles. The average molecular weight is 475 g/mol. The maximum atomic E-state index is 13.2. The molecular formula is C27H26N2O4S. The van der Waals surface area contributed by atoms with Gasteiger partial charge in [-0.2, -0.15) is 0 Å². The van der Waals surface area contributed by atoms with Crippen LogP contribution in [0.25, 0.3) is 0 Å². The third kappa shape index (κ3) is 5.59. The molecule has 0 radical (unpaired) electrons. The van der Waals surface area contributed by atoms with E-state index in [2.05, 4.69) is 28.8 Å². The van der Waals surface area contributed by atoms with Crippen LogP contribution in [0.2, 0.25) is 0 Å². The summed E-state index contributed by atoms with van der Waals surface area (Å²) in [6, 6.07) is 26.7. The second kappa shape index (κ2) is 10.0. The second-order valence-corrected chi connectivity index (χ2v) is 10.1. The van der Waals surface area contributed by atoms with Crippen LogP contribution < -0.4 is 9.62 Å². The number of β-lactam (4-membered cyclic amide) rings is 1. The molecule has 1 fully saturated rings. The number of amides is 1. The fourth-order valence-electron chi connectivity index (χ4n) is 4.24. The molecule has 0 saturated carbocycles. The highest BCUT2D eigenvalue weighted by Crippen LogP contribution is 2.45. The number of carbonyl (C=O) groups excluding carboxylic acids is 1. The Morgan fingerprint density at radius 3 is 2.29 bits per heavy atom. The molecule has 7 heteroatoms. The number of rotatable bonds is 7. The van der Waals surface area contributed by atoms with Crippen LogP contribution in [0.5, 0.6) is 5.75 Å². The van der Waals surface area contributed by atoms with Crippen molar-refractivity contribution in [2.75, 3.05) is 11.2 Å². The van der Waals surface area contributed by atoms with Crippen molar-refractivity contribution in [1.82, 2.24) is 4.72 Å². The predicted molar refractivity (Wildman–Crippen MR) is 133 cm³/mol. The summed E-state index contributed by atoms with van der Waals surface area (Å²) in [6.07, 6.45) is 3.64. The van der Waals surface area contributed by atoms with Gasteiger partial charge in [-0.15, -0.1) is 0 Å². The maximum Gasteiger partial charge on any atom is 0.236 e. The van der Waals surface area contributed by atoms with Crippen LogP contribution >= 0.6 is 0 Å². The summed E-state index contributed by atoms with van der Waals surface area (Å²) in [6.45, 7) is 0. The number of carbonyl (C=O) groups is 1. The number of sulfonamides is 1. The van der Waals surface area contributed by atoms with E-state index in [9.17, 15) is 18.3 Å². The molecule has 1 aliphatic heterocycles. The Bertz CT molecular complexity index is 1310. The highest BCUT2D eigenvalue weighted by atomic mass is 32.2. The van der Waals surface area contributed by atoms with E-state index in [1.165, 1.54) is 5.56 Å². The van der Waals surface area contributed by atoms with E-state index in [-0.39, 0.29) is 23.6 Å². The standard InChI is InChI=1S/C27H26N2O4S/c1-34(32,33)28-19-18-21-10-14-23(15-11-21)29-26(22-12-16-24(30)17-13-22)25(27(29)31)9-5-8-20-6-3-2-4-7-20/h2-4,6-7,10-17,25-26,28,30H,5,8-9H2,1H3. The fraction of sp³-hybridized carbons (Fsp3) is 0.222. The van der Waals surface area contributed by atoms with E-state index in [0.29, 0.717) is 5.56 Å². The monoisotopic (exact) mass is 474 g/mol. The quantitative estimate of drug-likeness (QED) is 0.308. The van der Waals surface area contributed by atoms with Crippen molar-refractivity contribution in [2.45, 2.75) is 25.3 Å². The van der Waals surface area contributed by atoms with Crippen molar-refractivity contribution < 1.29 is 18.3 Å². The van der Waals surface area contributed by atoms with Gasteiger partial charge < -0.3 is 10.0 Å². The van der Waals surface area contributed by atoms with Gasteiger partial charge in [0, 0.05) is 17.3 Å². The number of phenols is 1. The molecular weight excluding hydrogens is 448 g/mol. The number of phenolic OH excluding ortho intramolecular Hbond substituents is 1. The van der Waals surface area contributed by atoms with Crippen LogP contribution in [0.4, 0.5) is 5.69 Å². The van der Waals surface area contributed by atoms with Gasteiger partial charge in [0.1, 0.15) is 5.75 Å². The number of aromatic hydroxyl groups is 1. The third-order valence-electron chi connectivity index (χ3n) is 5.86. The van der Waals surface area contributed by atoms with Crippen LogP contribution in [-0.2, 0) is 21.2 Å². The molecule has 174 valence electrons. The number of hydrogen-bond donors (Lipinski definition) is 2. The molecule has 6 nitrogen and oxygen atoms in total. The molecule has 4 rings (SSSR count). The zero-order chi connectivity index (χ0) is 24.1. The first kappa shape index (κ1) is 23.4. The Morgan fingerprint density at radius 2 is 1.65 bits per heavy atom. The molecule has 1 amide bonds. The van der Waals surface area contributed by atoms with E-state index < -0.39 is 10.0 Å². The summed E-state index contributed by atoms with van der Waals surface area (Å²) in [5.41, 5.74) is 3.62. The lowest BCUT2D eigenvalue weighted by molar-refractivity contribution is -0.130. The normalized spacial score (nSPS) is 17.4. The fourth-order valence-corrected chi connectivity index (χ4v) is 4.47. The minimum Gasteiger partial charge on any atom is -0.508 e. The van der Waals surface area contributed by atoms with Gasteiger partial charge in [0.2, 0.25) is 15.9 Å². The lowest BCUT2D eigenvalue weighted by Gasteiger charge is -2.47. The largest absolute Gasteiger partial charge is 0.508 e. The van der Waals surface area contributed by atoms with Gasteiger partial charge in [0.05, 0.1) is 18.2 Å². The number of aryl methyl sites for hydroxylation is 1. The molecule has 1 aliphatic rings. The molecule has 0 aromatic heterocycles. The summed E-state index contributed by atoms with van der Waals surface area (Å²) in [5.74, 6) is 2.87. The smallest absolute Gasteiger partial charge is 0.236 e. The molecule has 2 unspecified atom stereocenters. The summed E-state index contributed by atoms with van der Waals surface area (Å²) in [7, 11) is -3.39. The number of benzene rings is 3. The lowest BCUT2D eigenvalue weighted by atomic mass is 9.78. The Balaban J connectivity index is 1.51. The van der Waals surface area contributed by atoms with Gasteiger partial charge >= 0.3 is 0 Å². The predicted octanol–water partition coefficient (Wildman–Crippen LogP) is 3.98. The molecule has 0 aliphatic carbocycles. The number of nitrogens with zero attached hydrogens (tertiary/aromatic N) is 1. The molecule has 1 heterocycles. The minimum absolute atomic E-state index is 0.0729. The molecule has 2 N–H and O–H groups in total. The van der Waals surface area contributed by atoms with E-state index >= 15 is 0 Å². The average Bonchev–Trinajstić information content (AvgIpc) is 2.81. The molecule has 0 spiro atoms.